The van der Waals surface area contributed by atoms with Crippen molar-refractivity contribution in [3.63, 3.8) is 0 Å². The van der Waals surface area contributed by atoms with E-state index in [0.29, 0.717) is 50.5 Å². The van der Waals surface area contributed by atoms with Crippen LogP contribution in [0.2, 0.25) is 0 Å². The van der Waals surface area contributed by atoms with E-state index in [1.807, 2.05) is 0 Å². The van der Waals surface area contributed by atoms with Gasteiger partial charge in [0.05, 0.1) is 17.6 Å². The number of nitro groups is 1. The van der Waals surface area contributed by atoms with Crippen LogP contribution in [0.4, 0.5) is 19.7 Å². The Hall–Kier alpha value is -4.17. The van der Waals surface area contributed by atoms with Crippen LogP contribution in [-0.2, 0) is 19.1 Å². The van der Waals surface area contributed by atoms with E-state index in [0.717, 1.165) is 0 Å². The fourth-order valence-corrected chi connectivity index (χ4v) is 9.12. The molecule has 1 aromatic rings. The number of unbranched alkanes of at least 4 members (excludes halogenated alkanes) is 3. The molecule has 272 valence electrons. The normalized spacial score (nSPS) is 34.0. The van der Waals surface area contributed by atoms with Gasteiger partial charge in [0.2, 0.25) is 5.78 Å². The zero-order chi connectivity index (χ0) is 36.5. The SMILES string of the molecule is CC1CC2C3CCC4=CC(=O)C=CC4(C)C3(F)C(O)CC2(C)C1(O)C(=O)COC(=O)NCCCCCCOC(=O)Oc1ccc([N+](=O)[O-])cc1. The fourth-order valence-electron chi connectivity index (χ4n) is 9.12. The molecule has 0 spiro atoms. The zero-order valence-corrected chi connectivity index (χ0v) is 28.5. The number of Topliss-reactive ketones (excluding diaryl/α,β-unsaturated/α-hetero) is 1. The van der Waals surface area contributed by atoms with E-state index in [4.69, 9.17) is 14.2 Å². The first-order valence-corrected chi connectivity index (χ1v) is 17.1. The Morgan fingerprint density at radius 2 is 1.78 bits per heavy atom. The maximum absolute atomic E-state index is 17.3. The number of alkyl carbamates (subject to hydrolysis) is 1. The van der Waals surface area contributed by atoms with E-state index in [9.17, 15) is 39.5 Å². The van der Waals surface area contributed by atoms with Crippen LogP contribution < -0.4 is 10.1 Å². The number of rotatable bonds is 12. The van der Waals surface area contributed by atoms with Gasteiger partial charge in [-0.3, -0.25) is 19.7 Å². The molecule has 0 saturated heterocycles. The van der Waals surface area contributed by atoms with Gasteiger partial charge < -0.3 is 29.7 Å². The second kappa shape index (κ2) is 14.2. The van der Waals surface area contributed by atoms with Gasteiger partial charge >= 0.3 is 12.2 Å². The van der Waals surface area contributed by atoms with Gasteiger partial charge in [-0.05, 0) is 88.0 Å². The predicted molar refractivity (Wildman–Crippen MR) is 176 cm³/mol. The number of ketones is 2. The number of nitro benzene ring substituents is 1. The molecule has 8 unspecified atom stereocenters. The van der Waals surface area contributed by atoms with Crippen LogP contribution in [0.1, 0.15) is 72.1 Å². The highest BCUT2D eigenvalue weighted by Crippen LogP contribution is 2.70. The van der Waals surface area contributed by atoms with Crippen molar-refractivity contribution in [2.24, 2.45) is 28.6 Å². The average Bonchev–Trinajstić information content (AvgIpc) is 3.27. The molecule has 4 aliphatic rings. The molecular formula is C36H45FN2O11. The minimum absolute atomic E-state index is 0.101. The van der Waals surface area contributed by atoms with Crippen LogP contribution in [-0.4, -0.2) is 76.1 Å². The monoisotopic (exact) mass is 700 g/mol. The molecular weight excluding hydrogens is 655 g/mol. The largest absolute Gasteiger partial charge is 0.513 e. The number of aliphatic hydroxyl groups is 2. The van der Waals surface area contributed by atoms with Crippen molar-refractivity contribution in [3.8, 4) is 5.75 Å². The molecule has 4 aliphatic carbocycles. The molecule has 14 heteroatoms. The number of amides is 1. The molecule has 1 aromatic carbocycles. The lowest BCUT2D eigenvalue weighted by Crippen LogP contribution is -2.69. The Morgan fingerprint density at radius 1 is 1.08 bits per heavy atom. The Labute approximate surface area is 289 Å². The van der Waals surface area contributed by atoms with Gasteiger partial charge in [-0.15, -0.1) is 0 Å². The summed E-state index contributed by atoms with van der Waals surface area (Å²) in [6.45, 7) is 4.85. The molecule has 5 rings (SSSR count). The average molecular weight is 701 g/mol. The van der Waals surface area contributed by atoms with Crippen molar-refractivity contribution in [1.82, 2.24) is 5.32 Å². The van der Waals surface area contributed by atoms with E-state index < -0.39 is 75.5 Å². The molecule has 0 heterocycles. The Kier molecular flexibility index (Phi) is 10.5. The molecule has 50 heavy (non-hydrogen) atoms. The molecule has 0 radical (unpaired) electrons. The quantitative estimate of drug-likeness (QED) is 0.0841. The van der Waals surface area contributed by atoms with Gasteiger partial charge in [-0.1, -0.05) is 31.9 Å². The van der Waals surface area contributed by atoms with Crippen LogP contribution >= 0.6 is 0 Å². The Morgan fingerprint density at radius 3 is 2.48 bits per heavy atom. The third-order valence-corrected chi connectivity index (χ3v) is 11.8. The number of hydrogen-bond donors (Lipinski definition) is 3. The fraction of sp³-hybridized carbons (Fsp3) is 0.611. The van der Waals surface area contributed by atoms with Crippen molar-refractivity contribution in [1.29, 1.82) is 0 Å². The number of fused-ring (bicyclic) bond motifs is 5. The Bertz CT molecular complexity index is 1580. The highest BCUT2D eigenvalue weighted by molar-refractivity contribution is 6.01. The lowest BCUT2D eigenvalue weighted by atomic mass is 9.44. The summed E-state index contributed by atoms with van der Waals surface area (Å²) in [5.41, 5.74) is -5.86. The summed E-state index contributed by atoms with van der Waals surface area (Å²) < 4.78 is 32.5. The first-order valence-electron chi connectivity index (χ1n) is 17.1. The first kappa shape index (κ1) is 37.1. The summed E-state index contributed by atoms with van der Waals surface area (Å²) in [4.78, 5) is 60.0. The highest BCUT2D eigenvalue weighted by atomic mass is 19.1. The van der Waals surface area contributed by atoms with Crippen molar-refractivity contribution in [3.05, 3.63) is 58.2 Å². The summed E-state index contributed by atoms with van der Waals surface area (Å²) in [6.07, 6.45) is 4.65. The number of hydrogen-bond acceptors (Lipinski definition) is 11. The number of carbonyl (C=O) groups excluding carboxylic acids is 4. The topological polar surface area (TPSA) is 192 Å². The number of aliphatic hydroxyl groups excluding tert-OH is 1. The number of ether oxygens (including phenoxy) is 3. The third kappa shape index (κ3) is 6.43. The number of non-ortho nitro benzene ring substituents is 1. The number of halogens is 1. The second-order valence-corrected chi connectivity index (χ2v) is 14.5. The van der Waals surface area contributed by atoms with Gasteiger partial charge in [-0.25, -0.2) is 14.0 Å². The highest BCUT2D eigenvalue weighted by Gasteiger charge is 2.75. The summed E-state index contributed by atoms with van der Waals surface area (Å²) in [5.74, 6) is -2.44. The number of allylic oxidation sites excluding steroid dienone is 4. The maximum atomic E-state index is 17.3. The van der Waals surface area contributed by atoms with Crippen LogP contribution in [0, 0.1) is 38.7 Å². The van der Waals surface area contributed by atoms with Crippen LogP contribution in [0.5, 0.6) is 5.75 Å². The molecule has 1 amide bonds. The number of carbonyl (C=O) groups is 4. The van der Waals surface area contributed by atoms with Crippen molar-refractivity contribution in [2.75, 3.05) is 19.8 Å². The molecule has 3 saturated carbocycles. The minimum atomic E-state index is -2.08. The molecule has 0 aliphatic heterocycles. The van der Waals surface area contributed by atoms with E-state index in [2.05, 4.69) is 5.32 Å². The van der Waals surface area contributed by atoms with Gasteiger partial charge in [0.1, 0.15) is 11.4 Å². The van der Waals surface area contributed by atoms with Gasteiger partial charge in [0, 0.05) is 35.4 Å². The molecule has 3 N–H and O–H groups in total. The number of nitrogens with one attached hydrogen (secondary N) is 1. The first-order chi connectivity index (χ1) is 23.6. The third-order valence-electron chi connectivity index (χ3n) is 11.8. The van der Waals surface area contributed by atoms with Crippen molar-refractivity contribution in [2.45, 2.75) is 89.5 Å². The lowest BCUT2D eigenvalue weighted by molar-refractivity contribution is -0.384. The summed E-state index contributed by atoms with van der Waals surface area (Å²) in [5, 5.41) is 36.8. The summed E-state index contributed by atoms with van der Waals surface area (Å²) in [7, 11) is 0. The van der Waals surface area contributed by atoms with Gasteiger partial charge in [0.15, 0.2) is 18.1 Å². The van der Waals surface area contributed by atoms with Crippen LogP contribution in [0.3, 0.4) is 0 Å². The van der Waals surface area contributed by atoms with E-state index in [1.54, 1.807) is 26.8 Å². The van der Waals surface area contributed by atoms with E-state index in [1.165, 1.54) is 36.4 Å². The standard InChI is InChI=1S/C36H45FN2O11/c1-22-18-28-27-13-8-23-19-25(40)14-15-33(23,2)35(27,37)29(41)20-34(28,3)36(22,45)30(42)21-49-31(43)38-16-6-4-5-7-17-48-32(44)50-26-11-9-24(10-12-26)39(46)47/h9-12,14-15,19,22,27-29,41,45H,4-8,13,16-18,20-21H2,1-3H3,(H,38,43). The van der Waals surface area contributed by atoms with Gasteiger partial charge in [-0.2, -0.15) is 0 Å². The zero-order valence-electron chi connectivity index (χ0n) is 28.5. The predicted octanol–water partition coefficient (Wildman–Crippen LogP) is 5.31. The lowest BCUT2D eigenvalue weighted by Gasteiger charge is -2.62. The maximum Gasteiger partial charge on any atom is 0.513 e. The van der Waals surface area contributed by atoms with Crippen LogP contribution in [0.25, 0.3) is 0 Å². The molecule has 8 atom stereocenters. The smallest absolute Gasteiger partial charge is 0.441 e. The summed E-state index contributed by atoms with van der Waals surface area (Å²) in [6, 6.07) is 5.01. The Balaban J connectivity index is 1.04. The van der Waals surface area contributed by atoms with Gasteiger partial charge in [0.25, 0.3) is 5.69 Å². The van der Waals surface area contributed by atoms with Crippen molar-refractivity contribution >= 4 is 29.5 Å². The van der Waals surface area contributed by atoms with E-state index >= 15 is 4.39 Å². The van der Waals surface area contributed by atoms with Crippen LogP contribution in [0.15, 0.2) is 48.1 Å². The molecule has 13 nitrogen and oxygen atoms in total. The molecule has 0 bridgehead atoms. The minimum Gasteiger partial charge on any atom is -0.441 e. The van der Waals surface area contributed by atoms with E-state index in [-0.39, 0.29) is 36.8 Å². The number of benzene rings is 1. The molecule has 3 fully saturated rings. The molecule has 0 aromatic heterocycles. The summed E-state index contributed by atoms with van der Waals surface area (Å²) >= 11 is 0. The van der Waals surface area contributed by atoms with Crippen molar-refractivity contribution < 1.29 is 52.9 Å². The number of alkyl halides is 1. The number of nitrogens with zero attached hydrogens (tertiary/aromatic N) is 1. The second-order valence-electron chi connectivity index (χ2n) is 14.5.